The molecule has 0 fully saturated rings. The van der Waals surface area contributed by atoms with E-state index in [0.29, 0.717) is 32.6 Å². The van der Waals surface area contributed by atoms with Crippen LogP contribution in [0.15, 0.2) is 0 Å². The first kappa shape index (κ1) is 43.7. The Morgan fingerprint density at radius 1 is 0.435 bits per heavy atom. The lowest BCUT2D eigenvalue weighted by Gasteiger charge is -2.42. The van der Waals surface area contributed by atoms with Gasteiger partial charge >= 0.3 is 23.9 Å². The minimum atomic E-state index is -1.31. The molecule has 0 rings (SSSR count). The van der Waals surface area contributed by atoms with Crippen LogP contribution in [-0.4, -0.2) is 152 Å². The fourth-order valence-corrected chi connectivity index (χ4v) is 5.53. The van der Waals surface area contributed by atoms with Crippen LogP contribution >= 0.6 is 0 Å². The molecule has 0 saturated carbocycles. The van der Waals surface area contributed by atoms with Crippen LogP contribution in [0.2, 0.25) is 0 Å². The van der Waals surface area contributed by atoms with Gasteiger partial charge in [-0.2, -0.15) is 0 Å². The highest BCUT2D eigenvalue weighted by Gasteiger charge is 2.53. The molecule has 0 N–H and O–H groups in total. The van der Waals surface area contributed by atoms with Gasteiger partial charge in [-0.25, -0.2) is 0 Å². The standard InChI is InChI=1S/C34H66N4O8/c1-15-32(4,28(40)44-21-17-36(9)10)25-34(6,30(42)46-23-19-38(13)14)26-33(5,29(41)45-22-18-37(11)12)24-31(2,3)27(39)43-20-16-35(7)8/h15-26H2,1-14H3. The van der Waals surface area contributed by atoms with Gasteiger partial charge in [0, 0.05) is 26.2 Å². The van der Waals surface area contributed by atoms with E-state index in [-0.39, 0.29) is 45.7 Å². The van der Waals surface area contributed by atoms with Crippen LogP contribution in [-0.2, 0) is 38.1 Å². The molecule has 3 unspecified atom stereocenters. The molecule has 0 spiro atoms. The number of carbonyl (C=O) groups excluding carboxylic acids is 4. The maximum Gasteiger partial charge on any atom is 0.311 e. The van der Waals surface area contributed by atoms with Gasteiger partial charge in [0.2, 0.25) is 0 Å². The number of hydrogen-bond acceptors (Lipinski definition) is 12. The van der Waals surface area contributed by atoms with E-state index in [2.05, 4.69) is 0 Å². The fourth-order valence-electron chi connectivity index (χ4n) is 5.53. The summed E-state index contributed by atoms with van der Waals surface area (Å²) in [6, 6.07) is 0. The normalized spacial score (nSPS) is 16.1. The lowest BCUT2D eigenvalue weighted by atomic mass is 9.61. The number of esters is 4. The second kappa shape index (κ2) is 19.5. The van der Waals surface area contributed by atoms with E-state index in [1.807, 2.05) is 82.9 Å². The van der Waals surface area contributed by atoms with Crippen molar-refractivity contribution in [2.45, 2.75) is 67.2 Å². The zero-order valence-electron chi connectivity index (χ0n) is 31.5. The molecule has 270 valence electrons. The Morgan fingerprint density at radius 3 is 1.00 bits per heavy atom. The molecular weight excluding hydrogens is 592 g/mol. The lowest BCUT2D eigenvalue weighted by Crippen LogP contribution is -2.47. The molecule has 0 amide bonds. The highest BCUT2D eigenvalue weighted by molar-refractivity contribution is 5.84. The van der Waals surface area contributed by atoms with Crippen molar-refractivity contribution in [1.29, 1.82) is 0 Å². The minimum Gasteiger partial charge on any atom is -0.464 e. The average molecular weight is 659 g/mol. The first-order valence-corrected chi connectivity index (χ1v) is 16.3. The molecule has 0 aromatic carbocycles. The largest absolute Gasteiger partial charge is 0.464 e. The van der Waals surface area contributed by atoms with Gasteiger partial charge in [0.15, 0.2) is 0 Å². The molecule has 46 heavy (non-hydrogen) atoms. The number of likely N-dealkylation sites (N-methyl/N-ethyl adjacent to an activating group) is 4. The molecule has 0 aromatic heterocycles. The molecule has 0 aromatic rings. The van der Waals surface area contributed by atoms with Gasteiger partial charge in [0.05, 0.1) is 21.7 Å². The summed E-state index contributed by atoms with van der Waals surface area (Å²) < 4.78 is 22.8. The summed E-state index contributed by atoms with van der Waals surface area (Å²) in [5.41, 5.74) is -4.75. The van der Waals surface area contributed by atoms with E-state index < -0.39 is 45.5 Å². The number of nitrogens with zero attached hydrogens (tertiary/aromatic N) is 4. The van der Waals surface area contributed by atoms with E-state index in [9.17, 15) is 19.2 Å². The predicted molar refractivity (Wildman–Crippen MR) is 180 cm³/mol. The van der Waals surface area contributed by atoms with Crippen molar-refractivity contribution in [3.8, 4) is 0 Å². The van der Waals surface area contributed by atoms with Crippen LogP contribution in [0.4, 0.5) is 0 Å². The number of carbonyl (C=O) groups is 4. The van der Waals surface area contributed by atoms with Crippen molar-refractivity contribution < 1.29 is 38.1 Å². The first-order valence-electron chi connectivity index (χ1n) is 16.3. The molecule has 0 aliphatic heterocycles. The van der Waals surface area contributed by atoms with Crippen molar-refractivity contribution in [2.24, 2.45) is 21.7 Å². The molecule has 0 radical (unpaired) electrons. The monoisotopic (exact) mass is 658 g/mol. The molecule has 0 aliphatic carbocycles. The maximum atomic E-state index is 14.0. The van der Waals surface area contributed by atoms with Crippen molar-refractivity contribution in [1.82, 2.24) is 19.6 Å². The van der Waals surface area contributed by atoms with Gasteiger partial charge in [0.25, 0.3) is 0 Å². The lowest BCUT2D eigenvalue weighted by molar-refractivity contribution is -0.172. The highest BCUT2D eigenvalue weighted by Crippen LogP contribution is 2.49. The summed E-state index contributed by atoms with van der Waals surface area (Å²) in [7, 11) is 15.1. The topological polar surface area (TPSA) is 118 Å². The second-order valence-electron chi connectivity index (χ2n) is 15.2. The van der Waals surface area contributed by atoms with Crippen molar-refractivity contribution in [2.75, 3.05) is 109 Å². The molecule has 0 aliphatic rings. The summed E-state index contributed by atoms with van der Waals surface area (Å²) >= 11 is 0. The van der Waals surface area contributed by atoms with Crippen LogP contribution in [0.25, 0.3) is 0 Å². The Morgan fingerprint density at radius 2 is 0.696 bits per heavy atom. The first-order chi connectivity index (χ1) is 21.0. The zero-order chi connectivity index (χ0) is 35.9. The van der Waals surface area contributed by atoms with Gasteiger partial charge in [-0.05, 0) is 117 Å². The van der Waals surface area contributed by atoms with Gasteiger partial charge in [0.1, 0.15) is 26.4 Å². The Balaban J connectivity index is 6.70. The van der Waals surface area contributed by atoms with Gasteiger partial charge < -0.3 is 38.5 Å². The van der Waals surface area contributed by atoms with E-state index in [1.54, 1.807) is 34.6 Å². The third-order valence-corrected chi connectivity index (χ3v) is 8.29. The fraction of sp³-hybridized carbons (Fsp3) is 0.882. The average Bonchev–Trinajstić information content (AvgIpc) is 2.91. The third kappa shape index (κ3) is 15.5. The Kier molecular flexibility index (Phi) is 18.6. The van der Waals surface area contributed by atoms with Crippen LogP contribution < -0.4 is 0 Å². The number of hydrogen-bond donors (Lipinski definition) is 0. The summed E-state index contributed by atoms with van der Waals surface area (Å²) in [5.74, 6) is -1.90. The van der Waals surface area contributed by atoms with E-state index in [1.165, 1.54) is 0 Å². The maximum absolute atomic E-state index is 14.0. The molecule has 0 heterocycles. The second-order valence-corrected chi connectivity index (χ2v) is 15.2. The Hall–Kier alpha value is -2.28. The summed E-state index contributed by atoms with van der Waals surface area (Å²) in [6.07, 6.45) is 0.517. The minimum absolute atomic E-state index is 0.0173. The summed E-state index contributed by atoms with van der Waals surface area (Å²) in [6.45, 7) is 13.5. The number of ether oxygens (including phenoxy) is 4. The third-order valence-electron chi connectivity index (χ3n) is 8.29. The molecule has 0 bridgehead atoms. The van der Waals surface area contributed by atoms with Crippen LogP contribution in [0.5, 0.6) is 0 Å². The van der Waals surface area contributed by atoms with Gasteiger partial charge in [-0.3, -0.25) is 19.2 Å². The van der Waals surface area contributed by atoms with Gasteiger partial charge in [-0.1, -0.05) is 6.92 Å². The van der Waals surface area contributed by atoms with Crippen LogP contribution in [0.1, 0.15) is 67.2 Å². The summed E-state index contributed by atoms with van der Waals surface area (Å²) in [5, 5.41) is 0. The highest BCUT2D eigenvalue weighted by atomic mass is 16.5. The predicted octanol–water partition coefficient (Wildman–Crippen LogP) is 3.03. The molecule has 3 atom stereocenters. The molecular formula is C34H66N4O8. The van der Waals surface area contributed by atoms with Crippen molar-refractivity contribution in [3.05, 3.63) is 0 Å². The quantitative estimate of drug-likeness (QED) is 0.119. The van der Waals surface area contributed by atoms with Crippen molar-refractivity contribution in [3.63, 3.8) is 0 Å². The molecule has 12 heteroatoms. The van der Waals surface area contributed by atoms with Crippen molar-refractivity contribution >= 4 is 23.9 Å². The molecule has 0 saturated heterocycles. The van der Waals surface area contributed by atoms with Crippen LogP contribution in [0, 0.1) is 21.7 Å². The van der Waals surface area contributed by atoms with E-state index in [4.69, 9.17) is 18.9 Å². The zero-order valence-corrected chi connectivity index (χ0v) is 31.5. The van der Waals surface area contributed by atoms with E-state index in [0.717, 1.165) is 0 Å². The van der Waals surface area contributed by atoms with E-state index >= 15 is 0 Å². The van der Waals surface area contributed by atoms with Crippen LogP contribution in [0.3, 0.4) is 0 Å². The summed E-state index contributed by atoms with van der Waals surface area (Å²) in [4.78, 5) is 62.4. The Labute approximate surface area is 279 Å². The van der Waals surface area contributed by atoms with Gasteiger partial charge in [-0.15, -0.1) is 0 Å². The molecule has 12 nitrogen and oxygen atoms in total. The number of rotatable bonds is 23. The Bertz CT molecular complexity index is 971. The smallest absolute Gasteiger partial charge is 0.311 e. The SMILES string of the molecule is CCC(C)(CC(C)(CC(C)(CC(C)(C)C(=O)OCCN(C)C)C(=O)OCCN(C)C)C(=O)OCCN(C)C)C(=O)OCCN(C)C.